The number of hydrogen-bond donors (Lipinski definition) is 0. The molecule has 40 valence electrons. The topological polar surface area (TPSA) is 13.6 Å². The maximum Gasteiger partial charge on any atom is 0.331 e. The fourth-order valence-electron chi connectivity index (χ4n) is 0.0456. The summed E-state index contributed by atoms with van der Waals surface area (Å²) in [6.45, 7) is 9.95. The highest BCUT2D eigenvalue weighted by Crippen LogP contribution is 2.06. The Balaban J connectivity index is 3.66. The van der Waals surface area contributed by atoms with Crippen LogP contribution in [0, 0.1) is 6.57 Å². The molecule has 0 aliphatic carbocycles. The van der Waals surface area contributed by atoms with Gasteiger partial charge in [0.1, 0.15) is 0 Å². The van der Waals surface area contributed by atoms with Crippen molar-refractivity contribution in [2.24, 2.45) is 0 Å². The number of rotatable bonds is 1. The van der Waals surface area contributed by atoms with E-state index in [4.69, 9.17) is 11.3 Å². The summed E-state index contributed by atoms with van der Waals surface area (Å²) in [5.41, 5.74) is -0.625. The van der Waals surface area contributed by atoms with Crippen molar-refractivity contribution in [3.05, 3.63) is 11.4 Å². The number of methoxy groups -OCH3 is 1. The Kier molecular flexibility index (Phi) is 1.79. The van der Waals surface area contributed by atoms with Crippen LogP contribution in [0.1, 0.15) is 13.8 Å². The van der Waals surface area contributed by atoms with E-state index in [1.807, 2.05) is 0 Å². The minimum absolute atomic E-state index is 0.625. The third-order valence-electron chi connectivity index (χ3n) is 0.769. The fraction of sp³-hybridized carbons (Fsp3) is 0.800. The first-order valence-corrected chi connectivity index (χ1v) is 2.06. The van der Waals surface area contributed by atoms with E-state index >= 15 is 0 Å². The van der Waals surface area contributed by atoms with E-state index in [2.05, 4.69) is 4.85 Å². The minimum Gasteiger partial charge on any atom is -0.312 e. The molecule has 0 aromatic rings. The third-order valence-corrected chi connectivity index (χ3v) is 0.769. The molecule has 0 bridgehead atoms. The Labute approximate surface area is 43.9 Å². The zero-order valence-electron chi connectivity index (χ0n) is 4.86. The molecule has 0 radical (unpaired) electrons. The minimum atomic E-state index is -0.625. The van der Waals surface area contributed by atoms with Crippen LogP contribution >= 0.6 is 0 Å². The highest BCUT2D eigenvalue weighted by Gasteiger charge is 2.19. The average Bonchev–Trinajstić information content (AvgIpc) is 1.68. The fourth-order valence-corrected chi connectivity index (χ4v) is 0.0456. The first kappa shape index (κ1) is 6.45. The third kappa shape index (κ3) is 2.18. The van der Waals surface area contributed by atoms with E-state index in [-0.39, 0.29) is 0 Å². The Morgan fingerprint density at radius 2 is 2.00 bits per heavy atom. The lowest BCUT2D eigenvalue weighted by atomic mass is 10.3. The van der Waals surface area contributed by atoms with Gasteiger partial charge in [-0.3, -0.25) is 4.85 Å². The number of nitrogens with zero attached hydrogens (tertiary/aromatic N) is 1. The second-order valence-electron chi connectivity index (χ2n) is 1.76. The van der Waals surface area contributed by atoms with Crippen molar-refractivity contribution in [2.75, 3.05) is 7.11 Å². The molecule has 0 spiro atoms. The maximum absolute atomic E-state index is 6.51. The molecule has 7 heavy (non-hydrogen) atoms. The van der Waals surface area contributed by atoms with Crippen LogP contribution in [0.25, 0.3) is 4.85 Å². The van der Waals surface area contributed by atoms with Crippen molar-refractivity contribution < 1.29 is 4.74 Å². The van der Waals surface area contributed by atoms with Crippen LogP contribution in [-0.2, 0) is 4.74 Å². The Morgan fingerprint density at radius 1 is 1.57 bits per heavy atom. The summed E-state index contributed by atoms with van der Waals surface area (Å²) in [4.78, 5) is 3.17. The van der Waals surface area contributed by atoms with Gasteiger partial charge in [0.2, 0.25) is 0 Å². The SMILES string of the molecule is [C-]#[N+]C(C)(C)OC. The first-order chi connectivity index (χ1) is 3.12. The lowest BCUT2D eigenvalue weighted by Gasteiger charge is -2.05. The summed E-state index contributed by atoms with van der Waals surface area (Å²) in [6.07, 6.45) is 0. The summed E-state index contributed by atoms with van der Waals surface area (Å²) in [5, 5.41) is 0. The van der Waals surface area contributed by atoms with Crippen LogP contribution < -0.4 is 0 Å². The molecular formula is C5H9NO. The molecule has 0 saturated carbocycles. The van der Waals surface area contributed by atoms with Gasteiger partial charge >= 0.3 is 5.72 Å². The molecule has 0 aromatic carbocycles. The van der Waals surface area contributed by atoms with E-state index in [1.54, 1.807) is 13.8 Å². The largest absolute Gasteiger partial charge is 0.331 e. The second-order valence-corrected chi connectivity index (χ2v) is 1.76. The van der Waals surface area contributed by atoms with Crippen LogP contribution in [0.2, 0.25) is 0 Å². The van der Waals surface area contributed by atoms with Gasteiger partial charge < -0.3 is 4.74 Å². The zero-order chi connectivity index (χ0) is 5.91. The Bertz CT molecular complexity index is 90.7. The molecule has 0 heterocycles. The summed E-state index contributed by atoms with van der Waals surface area (Å²) >= 11 is 0. The van der Waals surface area contributed by atoms with Crippen LogP contribution in [0.3, 0.4) is 0 Å². The molecule has 0 aromatic heterocycles. The molecule has 0 saturated heterocycles. The maximum atomic E-state index is 6.51. The van der Waals surface area contributed by atoms with E-state index in [0.29, 0.717) is 0 Å². The Hall–Kier alpha value is -0.550. The van der Waals surface area contributed by atoms with E-state index in [0.717, 1.165) is 0 Å². The van der Waals surface area contributed by atoms with E-state index < -0.39 is 5.72 Å². The van der Waals surface area contributed by atoms with Gasteiger partial charge in [0.15, 0.2) is 0 Å². The molecule has 2 nitrogen and oxygen atoms in total. The van der Waals surface area contributed by atoms with E-state index in [9.17, 15) is 0 Å². The summed E-state index contributed by atoms with van der Waals surface area (Å²) < 4.78 is 4.73. The second kappa shape index (κ2) is 1.94. The predicted molar refractivity (Wildman–Crippen MR) is 27.7 cm³/mol. The van der Waals surface area contributed by atoms with Crippen LogP contribution in [0.4, 0.5) is 0 Å². The zero-order valence-corrected chi connectivity index (χ0v) is 4.86. The highest BCUT2D eigenvalue weighted by atomic mass is 16.5. The number of hydrogen-bond acceptors (Lipinski definition) is 1. The molecule has 0 rings (SSSR count). The van der Waals surface area contributed by atoms with Crippen molar-refractivity contribution in [1.29, 1.82) is 0 Å². The number of ether oxygens (including phenoxy) is 1. The monoisotopic (exact) mass is 99.1 g/mol. The van der Waals surface area contributed by atoms with E-state index in [1.165, 1.54) is 7.11 Å². The van der Waals surface area contributed by atoms with Crippen LogP contribution in [0.15, 0.2) is 0 Å². The molecule has 0 aliphatic rings. The van der Waals surface area contributed by atoms with Crippen molar-refractivity contribution in [1.82, 2.24) is 0 Å². The van der Waals surface area contributed by atoms with Crippen molar-refractivity contribution in [3.8, 4) is 0 Å². The molecule has 0 aliphatic heterocycles. The lowest BCUT2D eigenvalue weighted by molar-refractivity contribution is 0.0633. The normalized spacial score (nSPS) is 10.6. The van der Waals surface area contributed by atoms with Crippen molar-refractivity contribution in [3.63, 3.8) is 0 Å². The predicted octanol–water partition coefficient (Wildman–Crippen LogP) is 1.29. The van der Waals surface area contributed by atoms with Gasteiger partial charge in [-0.1, -0.05) is 0 Å². The summed E-state index contributed by atoms with van der Waals surface area (Å²) in [6, 6.07) is 0. The molecule has 2 heteroatoms. The van der Waals surface area contributed by atoms with Gasteiger partial charge in [0.05, 0.1) is 0 Å². The van der Waals surface area contributed by atoms with Gasteiger partial charge in [0, 0.05) is 21.0 Å². The van der Waals surface area contributed by atoms with Crippen molar-refractivity contribution >= 4 is 0 Å². The molecule has 0 atom stereocenters. The Morgan fingerprint density at radius 3 is 2.00 bits per heavy atom. The summed E-state index contributed by atoms with van der Waals surface area (Å²) in [7, 11) is 1.53. The molecule has 0 fully saturated rings. The van der Waals surface area contributed by atoms with Gasteiger partial charge in [-0.15, -0.1) is 0 Å². The molecular weight excluding hydrogens is 90.1 g/mol. The first-order valence-electron chi connectivity index (χ1n) is 2.06. The van der Waals surface area contributed by atoms with Gasteiger partial charge in [-0.05, 0) is 0 Å². The van der Waals surface area contributed by atoms with Gasteiger partial charge in [-0.2, -0.15) is 0 Å². The molecule has 0 unspecified atom stereocenters. The molecule has 0 N–H and O–H groups in total. The van der Waals surface area contributed by atoms with Crippen molar-refractivity contribution in [2.45, 2.75) is 19.6 Å². The van der Waals surface area contributed by atoms with Crippen LogP contribution in [0.5, 0.6) is 0 Å². The lowest BCUT2D eigenvalue weighted by Crippen LogP contribution is -2.15. The molecule has 0 amide bonds. The van der Waals surface area contributed by atoms with Gasteiger partial charge in [-0.25, -0.2) is 6.57 Å². The highest BCUT2D eigenvalue weighted by molar-refractivity contribution is 4.77. The van der Waals surface area contributed by atoms with Crippen LogP contribution in [-0.4, -0.2) is 12.8 Å². The van der Waals surface area contributed by atoms with Gasteiger partial charge in [0.25, 0.3) is 0 Å². The standard InChI is InChI=1S/C5H9NO/c1-5(2,6-3)7-4/h1-2,4H3. The quantitative estimate of drug-likeness (QED) is 0.451. The smallest absolute Gasteiger partial charge is 0.312 e. The average molecular weight is 99.1 g/mol. The summed E-state index contributed by atoms with van der Waals surface area (Å²) in [5.74, 6) is 0.